The largest absolute Gasteiger partial charge is 0.478 e. The smallest absolute Gasteiger partial charge is 0.360 e. The molecule has 1 unspecified atom stereocenters. The highest BCUT2D eigenvalue weighted by atomic mass is 19.1. The Balaban J connectivity index is 3.74. The van der Waals surface area contributed by atoms with E-state index >= 15 is 0 Å². The van der Waals surface area contributed by atoms with Crippen molar-refractivity contribution in [3.63, 3.8) is 0 Å². The lowest BCUT2D eigenvalue weighted by Crippen LogP contribution is -2.43. The van der Waals surface area contributed by atoms with Gasteiger partial charge in [0.2, 0.25) is 0 Å². The van der Waals surface area contributed by atoms with Gasteiger partial charge in [-0.25, -0.2) is 18.5 Å². The van der Waals surface area contributed by atoms with E-state index in [1.807, 2.05) is 0 Å². The monoisotopic (exact) mass is 261 g/mol. The summed E-state index contributed by atoms with van der Waals surface area (Å²) in [6, 6.07) is 0. The molecule has 0 saturated carbocycles. The number of nitrogens with zero attached hydrogens (tertiary/aromatic N) is 3. The summed E-state index contributed by atoms with van der Waals surface area (Å²) < 4.78 is 13.6. The lowest BCUT2D eigenvalue weighted by atomic mass is 10.4. The van der Waals surface area contributed by atoms with Crippen molar-refractivity contribution in [2.24, 2.45) is 0 Å². The van der Waals surface area contributed by atoms with Crippen LogP contribution in [-0.4, -0.2) is 25.1 Å². The molecular formula is C8H8FN3O6. The van der Waals surface area contributed by atoms with Crippen molar-refractivity contribution in [1.82, 2.24) is 9.13 Å². The molecule has 0 fully saturated rings. The van der Waals surface area contributed by atoms with Gasteiger partial charge in [0, 0.05) is 6.54 Å². The molecule has 0 aliphatic rings. The fourth-order valence-electron chi connectivity index (χ4n) is 1.27. The third-order valence-electron chi connectivity index (χ3n) is 2.14. The number of alkyl halides is 1. The van der Waals surface area contributed by atoms with Crippen LogP contribution in [0.25, 0.3) is 0 Å². The van der Waals surface area contributed by atoms with E-state index in [4.69, 9.17) is 5.11 Å². The molecule has 1 atom stereocenters. The Bertz CT molecular complexity index is 618. The van der Waals surface area contributed by atoms with Gasteiger partial charge in [-0.05, 0) is 6.92 Å². The lowest BCUT2D eigenvalue weighted by molar-refractivity contribution is -0.387. The van der Waals surface area contributed by atoms with E-state index in [1.54, 1.807) is 0 Å². The maximum absolute atomic E-state index is 13.3. The summed E-state index contributed by atoms with van der Waals surface area (Å²) in [7, 11) is 0. The van der Waals surface area contributed by atoms with Gasteiger partial charge in [0.05, 0.1) is 11.1 Å². The van der Waals surface area contributed by atoms with Gasteiger partial charge in [0.25, 0.3) is 6.30 Å². The van der Waals surface area contributed by atoms with Gasteiger partial charge in [-0.2, -0.15) is 0 Å². The number of carboxylic acid groups (broad SMARTS) is 1. The molecule has 0 spiro atoms. The Hall–Kier alpha value is -2.52. The predicted molar refractivity (Wildman–Crippen MR) is 55.1 cm³/mol. The number of rotatable bonds is 4. The van der Waals surface area contributed by atoms with E-state index in [-0.39, 0.29) is 11.1 Å². The summed E-state index contributed by atoms with van der Waals surface area (Å²) in [5, 5.41) is 19.0. The fraction of sp³-hybridized carbons (Fsp3) is 0.375. The molecule has 1 aromatic rings. The van der Waals surface area contributed by atoms with Crippen LogP contribution in [-0.2, 0) is 11.3 Å². The average molecular weight is 261 g/mol. The van der Waals surface area contributed by atoms with E-state index in [1.165, 1.54) is 6.92 Å². The number of aryl methyl sites for hydroxylation is 1. The number of carbonyl (C=O) groups is 1. The molecule has 0 aromatic carbocycles. The van der Waals surface area contributed by atoms with Crippen molar-refractivity contribution in [3.8, 4) is 0 Å². The van der Waals surface area contributed by atoms with Crippen LogP contribution in [0.5, 0.6) is 0 Å². The minimum atomic E-state index is -2.97. The number of halogens is 1. The molecular weight excluding hydrogens is 253 g/mol. The van der Waals surface area contributed by atoms with Gasteiger partial charge in [0.15, 0.2) is 0 Å². The third kappa shape index (κ3) is 2.12. The highest BCUT2D eigenvalue weighted by Crippen LogP contribution is 2.06. The molecule has 10 heteroatoms. The van der Waals surface area contributed by atoms with Gasteiger partial charge < -0.3 is 5.11 Å². The van der Waals surface area contributed by atoms with Gasteiger partial charge in [-0.3, -0.25) is 19.5 Å². The summed E-state index contributed by atoms with van der Waals surface area (Å²) in [5.41, 5.74) is -3.92. The van der Waals surface area contributed by atoms with Crippen LogP contribution < -0.4 is 11.2 Å². The van der Waals surface area contributed by atoms with Crippen molar-refractivity contribution in [3.05, 3.63) is 37.1 Å². The van der Waals surface area contributed by atoms with Crippen molar-refractivity contribution in [2.75, 3.05) is 0 Å². The maximum Gasteiger partial charge on any atom is 0.360 e. The predicted octanol–water partition coefficient (Wildman–Crippen LogP) is -0.509. The summed E-state index contributed by atoms with van der Waals surface area (Å²) in [6.07, 6.45) is -2.32. The van der Waals surface area contributed by atoms with E-state index < -0.39 is 34.1 Å². The number of carboxylic acids is 1. The van der Waals surface area contributed by atoms with E-state index in [0.717, 1.165) is 0 Å². The van der Waals surface area contributed by atoms with Crippen LogP contribution >= 0.6 is 0 Å². The summed E-state index contributed by atoms with van der Waals surface area (Å²) in [4.78, 5) is 42.9. The molecule has 0 saturated heterocycles. The molecule has 1 heterocycles. The number of hydrogen-bond donors (Lipinski definition) is 1. The van der Waals surface area contributed by atoms with E-state index in [9.17, 15) is 28.9 Å². The summed E-state index contributed by atoms with van der Waals surface area (Å²) >= 11 is 0. The SMILES string of the molecule is CCn1cc([N+](=O)[O-])c(=O)n(C(F)C(=O)O)c1=O. The standard InChI is InChI=1S/C8H8FN3O6/c1-2-10-3-4(12(17)18)6(13)11(8(10)16)5(9)7(14)15/h3,5H,2H2,1H3,(H,14,15). The van der Waals surface area contributed by atoms with Gasteiger partial charge in [0.1, 0.15) is 0 Å². The zero-order chi connectivity index (χ0) is 14.0. The van der Waals surface area contributed by atoms with Crippen molar-refractivity contribution in [1.29, 1.82) is 0 Å². The first-order chi connectivity index (χ1) is 8.31. The maximum atomic E-state index is 13.3. The summed E-state index contributed by atoms with van der Waals surface area (Å²) in [6.45, 7) is 1.35. The average Bonchev–Trinajstić information content (AvgIpc) is 2.28. The molecule has 9 nitrogen and oxygen atoms in total. The highest BCUT2D eigenvalue weighted by Gasteiger charge is 2.28. The van der Waals surface area contributed by atoms with Crippen LogP contribution in [0, 0.1) is 10.1 Å². The highest BCUT2D eigenvalue weighted by molar-refractivity contribution is 5.70. The molecule has 0 aliphatic carbocycles. The van der Waals surface area contributed by atoms with Crippen molar-refractivity contribution in [2.45, 2.75) is 19.8 Å². The van der Waals surface area contributed by atoms with Crippen LogP contribution in [0.15, 0.2) is 15.8 Å². The van der Waals surface area contributed by atoms with Gasteiger partial charge in [-0.15, -0.1) is 0 Å². The third-order valence-corrected chi connectivity index (χ3v) is 2.14. The van der Waals surface area contributed by atoms with Crippen LogP contribution in [0.3, 0.4) is 0 Å². The summed E-state index contributed by atoms with van der Waals surface area (Å²) in [5.74, 6) is -2.09. The zero-order valence-corrected chi connectivity index (χ0v) is 9.07. The Morgan fingerprint density at radius 1 is 1.61 bits per heavy atom. The van der Waals surface area contributed by atoms with Crippen molar-refractivity contribution < 1.29 is 19.2 Å². The Morgan fingerprint density at radius 2 is 2.17 bits per heavy atom. The Kier molecular flexibility index (Phi) is 3.59. The van der Waals surface area contributed by atoms with Gasteiger partial charge in [-0.1, -0.05) is 0 Å². The number of aliphatic carboxylic acids is 1. The minimum absolute atomic E-state index is 0.0771. The molecule has 1 N–H and O–H groups in total. The number of nitro groups is 1. The molecule has 18 heavy (non-hydrogen) atoms. The van der Waals surface area contributed by atoms with Crippen LogP contribution in [0.4, 0.5) is 10.1 Å². The lowest BCUT2D eigenvalue weighted by Gasteiger charge is -2.09. The first kappa shape index (κ1) is 13.5. The first-order valence-electron chi connectivity index (χ1n) is 4.68. The van der Waals surface area contributed by atoms with E-state index in [0.29, 0.717) is 10.8 Å². The molecule has 0 aliphatic heterocycles. The first-order valence-corrected chi connectivity index (χ1v) is 4.68. The zero-order valence-electron chi connectivity index (χ0n) is 9.07. The number of hydrogen-bond acceptors (Lipinski definition) is 5. The second-order valence-electron chi connectivity index (χ2n) is 3.19. The van der Waals surface area contributed by atoms with Crippen LogP contribution in [0.2, 0.25) is 0 Å². The molecule has 1 aromatic heterocycles. The normalized spacial score (nSPS) is 12.1. The van der Waals surface area contributed by atoms with Gasteiger partial charge >= 0.3 is 22.9 Å². The van der Waals surface area contributed by atoms with Crippen molar-refractivity contribution >= 4 is 11.7 Å². The Morgan fingerprint density at radius 3 is 2.56 bits per heavy atom. The molecule has 0 radical (unpaired) electrons. The number of aromatic nitrogens is 2. The van der Waals surface area contributed by atoms with Crippen LogP contribution in [0.1, 0.15) is 13.2 Å². The molecule has 98 valence electrons. The molecule has 0 amide bonds. The second-order valence-corrected chi connectivity index (χ2v) is 3.19. The van der Waals surface area contributed by atoms with E-state index in [2.05, 4.69) is 0 Å². The molecule has 0 bridgehead atoms. The fourth-order valence-corrected chi connectivity index (χ4v) is 1.27. The second kappa shape index (κ2) is 4.77. The Labute approximate surface area is 97.8 Å². The minimum Gasteiger partial charge on any atom is -0.478 e. The topological polar surface area (TPSA) is 124 Å². The quantitative estimate of drug-likeness (QED) is 0.574. The molecule has 1 rings (SSSR count).